The van der Waals surface area contributed by atoms with Gasteiger partial charge in [0.25, 0.3) is 0 Å². The molecule has 3 aromatic rings. The van der Waals surface area contributed by atoms with Crippen LogP contribution in [0.2, 0.25) is 0 Å². The summed E-state index contributed by atoms with van der Waals surface area (Å²) in [6.45, 7) is 11.9. The maximum Gasteiger partial charge on any atom is 0.340 e. The number of aromatic amines is 1. The highest BCUT2D eigenvalue weighted by molar-refractivity contribution is 6.05. The van der Waals surface area contributed by atoms with Crippen LogP contribution in [0.25, 0.3) is 10.9 Å². The molecule has 2 atom stereocenters. The van der Waals surface area contributed by atoms with Crippen LogP contribution in [-0.2, 0) is 17.8 Å². The lowest BCUT2D eigenvalue weighted by Crippen LogP contribution is -2.35. The number of benzene rings is 2. The van der Waals surface area contributed by atoms with Crippen molar-refractivity contribution in [3.8, 4) is 0 Å². The highest BCUT2D eigenvalue weighted by Crippen LogP contribution is 2.52. The van der Waals surface area contributed by atoms with E-state index in [1.165, 1.54) is 31.4 Å². The number of nitrogens with zero attached hydrogens (tertiary/aromatic N) is 1. The molecule has 4 nitrogen and oxygen atoms in total. The fraction of sp³-hybridized carbons (Fsp3) is 0.483. The Kier molecular flexibility index (Phi) is 5.60. The van der Waals surface area contributed by atoms with Gasteiger partial charge in [-0.05, 0) is 66.7 Å². The summed E-state index contributed by atoms with van der Waals surface area (Å²) >= 11 is 0. The smallest absolute Gasteiger partial charge is 0.340 e. The van der Waals surface area contributed by atoms with Gasteiger partial charge < -0.3 is 9.72 Å². The number of aryl methyl sites for hydroxylation is 1. The first kappa shape index (κ1) is 22.2. The van der Waals surface area contributed by atoms with Gasteiger partial charge in [0.1, 0.15) is 6.61 Å². The second-order valence-electron chi connectivity index (χ2n) is 11.5. The first-order chi connectivity index (χ1) is 15.7. The number of nitrogens with one attached hydrogen (secondary N) is 1. The Balaban J connectivity index is 1.30. The molecule has 0 amide bonds. The van der Waals surface area contributed by atoms with E-state index in [2.05, 4.69) is 48.9 Å². The second kappa shape index (κ2) is 8.32. The highest BCUT2D eigenvalue weighted by atomic mass is 16.5. The summed E-state index contributed by atoms with van der Waals surface area (Å²) in [5.74, 6) is -0.261. The number of ether oxygens (including phenoxy) is 1. The maximum absolute atomic E-state index is 13.0. The molecular weight excluding hydrogens is 408 g/mol. The normalized spacial score (nSPS) is 24.3. The molecule has 1 aliphatic heterocycles. The van der Waals surface area contributed by atoms with E-state index in [0.717, 1.165) is 35.1 Å². The van der Waals surface area contributed by atoms with Crippen molar-refractivity contribution in [1.29, 1.82) is 0 Å². The van der Waals surface area contributed by atoms with E-state index < -0.39 is 0 Å². The number of likely N-dealkylation sites (tertiary alicyclic amines) is 1. The van der Waals surface area contributed by atoms with E-state index in [-0.39, 0.29) is 12.6 Å². The van der Waals surface area contributed by atoms with Crippen LogP contribution in [0.3, 0.4) is 0 Å². The van der Waals surface area contributed by atoms with Gasteiger partial charge in [-0.2, -0.15) is 0 Å². The summed E-state index contributed by atoms with van der Waals surface area (Å²) in [5, 5.41) is 0.969. The molecule has 2 aliphatic rings. The first-order valence-corrected chi connectivity index (χ1v) is 12.3. The Morgan fingerprint density at radius 3 is 2.67 bits per heavy atom. The molecule has 5 rings (SSSR count). The molecule has 1 saturated heterocycles. The molecule has 1 saturated carbocycles. The van der Waals surface area contributed by atoms with Crippen molar-refractivity contribution in [2.75, 3.05) is 13.1 Å². The van der Waals surface area contributed by atoms with Gasteiger partial charge in [0, 0.05) is 35.7 Å². The van der Waals surface area contributed by atoms with E-state index in [1.54, 1.807) is 0 Å². The summed E-state index contributed by atoms with van der Waals surface area (Å²) in [6, 6.07) is 17.0. The molecule has 1 N–H and O–H groups in total. The van der Waals surface area contributed by atoms with E-state index in [9.17, 15) is 4.79 Å². The fourth-order valence-corrected chi connectivity index (χ4v) is 6.70. The topological polar surface area (TPSA) is 45.3 Å². The third-order valence-corrected chi connectivity index (χ3v) is 7.68. The van der Waals surface area contributed by atoms with E-state index in [1.807, 2.05) is 37.3 Å². The first-order valence-electron chi connectivity index (χ1n) is 12.3. The van der Waals surface area contributed by atoms with Crippen molar-refractivity contribution < 1.29 is 9.53 Å². The Labute approximate surface area is 197 Å². The van der Waals surface area contributed by atoms with Crippen LogP contribution in [0.1, 0.15) is 67.2 Å². The van der Waals surface area contributed by atoms with Crippen molar-refractivity contribution in [3.63, 3.8) is 0 Å². The number of aromatic nitrogens is 1. The number of H-pyrrole nitrogens is 1. The minimum absolute atomic E-state index is 0.261. The third-order valence-electron chi connectivity index (χ3n) is 7.68. The summed E-state index contributed by atoms with van der Waals surface area (Å²) in [6.07, 6.45) is 4.97. The average molecular weight is 445 g/mol. The molecule has 2 unspecified atom stereocenters. The Morgan fingerprint density at radius 1 is 1.09 bits per heavy atom. The number of hydrogen-bond donors (Lipinski definition) is 1. The van der Waals surface area contributed by atoms with Crippen molar-refractivity contribution in [2.24, 2.45) is 10.8 Å². The summed E-state index contributed by atoms with van der Waals surface area (Å²) in [5.41, 5.74) is 5.71. The largest absolute Gasteiger partial charge is 0.457 e. The van der Waals surface area contributed by atoms with E-state index in [0.29, 0.717) is 22.4 Å². The SMILES string of the molecule is Cc1[nH]c2ccc(CCN3CC4(C)CC3CC(C)(C)C4)cc2c1C(=O)OCc1ccccc1. The molecule has 1 aliphatic carbocycles. The zero-order chi connectivity index (χ0) is 23.2. The minimum atomic E-state index is -0.261. The van der Waals surface area contributed by atoms with Crippen LogP contribution in [0.4, 0.5) is 0 Å². The lowest BCUT2D eigenvalue weighted by atomic mass is 9.65. The number of rotatable bonds is 6. The van der Waals surface area contributed by atoms with Crippen LogP contribution in [-0.4, -0.2) is 35.0 Å². The minimum Gasteiger partial charge on any atom is -0.457 e. The number of esters is 1. The van der Waals surface area contributed by atoms with Crippen molar-refractivity contribution in [3.05, 3.63) is 70.9 Å². The number of carbonyl (C=O) groups is 1. The monoisotopic (exact) mass is 444 g/mol. The molecule has 33 heavy (non-hydrogen) atoms. The number of carbonyl (C=O) groups excluding carboxylic acids is 1. The summed E-state index contributed by atoms with van der Waals surface area (Å²) < 4.78 is 5.65. The van der Waals surface area contributed by atoms with Gasteiger partial charge in [-0.1, -0.05) is 57.2 Å². The zero-order valence-electron chi connectivity index (χ0n) is 20.4. The van der Waals surface area contributed by atoms with Crippen molar-refractivity contribution in [1.82, 2.24) is 9.88 Å². The molecule has 4 heteroatoms. The van der Waals surface area contributed by atoms with Crippen LogP contribution < -0.4 is 0 Å². The van der Waals surface area contributed by atoms with Crippen molar-refractivity contribution >= 4 is 16.9 Å². The molecule has 0 spiro atoms. The Morgan fingerprint density at radius 2 is 1.88 bits per heavy atom. The molecule has 0 radical (unpaired) electrons. The molecule has 2 fully saturated rings. The van der Waals surface area contributed by atoms with Gasteiger partial charge in [-0.3, -0.25) is 4.90 Å². The van der Waals surface area contributed by atoms with Crippen LogP contribution in [0, 0.1) is 17.8 Å². The predicted octanol–water partition coefficient (Wildman–Crippen LogP) is 6.28. The Bertz CT molecular complexity index is 1160. The molecule has 174 valence electrons. The molecular formula is C29H36N2O2. The summed E-state index contributed by atoms with van der Waals surface area (Å²) in [4.78, 5) is 19.0. The molecule has 2 aromatic carbocycles. The standard InChI is InChI=1S/C29H36N2O2/c1-20-26(27(32)33-17-22-8-6-5-7-9-22)24-14-21(10-11-25(24)30-20)12-13-31-19-29(4)16-23(31)15-28(2,3)18-29/h5-11,14,23,30H,12-13,15-19H2,1-4H3. The quantitative estimate of drug-likeness (QED) is 0.455. The van der Waals surface area contributed by atoms with Gasteiger partial charge in [-0.25, -0.2) is 4.79 Å². The molecule has 2 bridgehead atoms. The van der Waals surface area contributed by atoms with Gasteiger partial charge in [0.05, 0.1) is 5.56 Å². The van der Waals surface area contributed by atoms with Gasteiger partial charge in [-0.15, -0.1) is 0 Å². The lowest BCUT2D eigenvalue weighted by molar-refractivity contribution is 0.0474. The van der Waals surface area contributed by atoms with Gasteiger partial charge in [0.15, 0.2) is 0 Å². The Hall–Kier alpha value is -2.59. The van der Waals surface area contributed by atoms with E-state index in [4.69, 9.17) is 4.74 Å². The van der Waals surface area contributed by atoms with Crippen LogP contribution in [0.5, 0.6) is 0 Å². The number of hydrogen-bond acceptors (Lipinski definition) is 3. The van der Waals surface area contributed by atoms with Gasteiger partial charge in [0.2, 0.25) is 0 Å². The zero-order valence-corrected chi connectivity index (χ0v) is 20.4. The second-order valence-corrected chi connectivity index (χ2v) is 11.5. The lowest BCUT2D eigenvalue weighted by Gasteiger charge is -2.40. The fourth-order valence-electron chi connectivity index (χ4n) is 6.70. The summed E-state index contributed by atoms with van der Waals surface area (Å²) in [7, 11) is 0. The van der Waals surface area contributed by atoms with Crippen LogP contribution >= 0.6 is 0 Å². The number of fused-ring (bicyclic) bond motifs is 3. The van der Waals surface area contributed by atoms with Crippen LogP contribution in [0.15, 0.2) is 48.5 Å². The predicted molar refractivity (Wildman–Crippen MR) is 133 cm³/mol. The molecule has 1 aromatic heterocycles. The van der Waals surface area contributed by atoms with E-state index >= 15 is 0 Å². The van der Waals surface area contributed by atoms with Crippen molar-refractivity contribution in [2.45, 2.75) is 66.0 Å². The van der Waals surface area contributed by atoms with Gasteiger partial charge >= 0.3 is 5.97 Å². The third kappa shape index (κ3) is 4.59. The highest BCUT2D eigenvalue weighted by Gasteiger charge is 2.49. The maximum atomic E-state index is 13.0. The molecule has 2 heterocycles. The average Bonchev–Trinajstić information content (AvgIpc) is 3.21.